The van der Waals surface area contributed by atoms with Gasteiger partial charge in [0.15, 0.2) is 0 Å². The van der Waals surface area contributed by atoms with E-state index in [4.69, 9.17) is 4.84 Å². The minimum absolute atomic E-state index is 0.253. The summed E-state index contributed by atoms with van der Waals surface area (Å²) in [7, 11) is 1.50. The molecule has 14 heteroatoms. The predicted octanol–water partition coefficient (Wildman–Crippen LogP) is 3.17. The molecule has 0 fully saturated rings. The number of hydrogen-bond acceptors (Lipinski definition) is 9. The van der Waals surface area contributed by atoms with Crippen LogP contribution in [0.25, 0.3) is 0 Å². The number of amides is 5. The molecule has 0 heterocycles. The molecule has 0 aliphatic rings. The topological polar surface area (TPSA) is 190 Å². The number of aliphatic hydroxyl groups excluding tert-OH is 1. The van der Waals surface area contributed by atoms with E-state index in [0.717, 1.165) is 16.2 Å². The van der Waals surface area contributed by atoms with Crippen LogP contribution in [0.15, 0.2) is 60.7 Å². The van der Waals surface area contributed by atoms with Crippen molar-refractivity contribution < 1.29 is 39.1 Å². The van der Waals surface area contributed by atoms with Gasteiger partial charge in [-0.05, 0) is 61.5 Å². The quantitative estimate of drug-likeness (QED) is 0.0454. The highest BCUT2D eigenvalue weighted by Crippen LogP contribution is 2.25. The molecular formula is C40H62N6O8. The fourth-order valence-electron chi connectivity index (χ4n) is 6.23. The Kier molecular flexibility index (Phi) is 18.2. The summed E-state index contributed by atoms with van der Waals surface area (Å²) in [6, 6.07) is 15.7. The summed E-state index contributed by atoms with van der Waals surface area (Å²) in [6.07, 6.45) is 1.03. The van der Waals surface area contributed by atoms with Gasteiger partial charge in [0.25, 0.3) is 0 Å². The maximum atomic E-state index is 13.9. The van der Waals surface area contributed by atoms with Gasteiger partial charge in [-0.3, -0.25) is 39.3 Å². The zero-order valence-electron chi connectivity index (χ0n) is 33.2. The Balaban J connectivity index is 2.22. The van der Waals surface area contributed by atoms with Crippen LogP contribution in [0.3, 0.4) is 0 Å². The van der Waals surface area contributed by atoms with Crippen molar-refractivity contribution in [1.29, 1.82) is 0 Å². The van der Waals surface area contributed by atoms with E-state index in [1.807, 2.05) is 102 Å². The Morgan fingerprint density at radius 1 is 0.741 bits per heavy atom. The van der Waals surface area contributed by atoms with Gasteiger partial charge in [0.2, 0.25) is 30.5 Å². The summed E-state index contributed by atoms with van der Waals surface area (Å²) in [5, 5.41) is 34.2. The van der Waals surface area contributed by atoms with Gasteiger partial charge < -0.3 is 21.1 Å². The number of benzene rings is 2. The lowest BCUT2D eigenvalue weighted by Gasteiger charge is -2.38. The summed E-state index contributed by atoms with van der Waals surface area (Å²) in [5.74, 6) is -2.85. The lowest BCUT2D eigenvalue weighted by Crippen LogP contribution is -2.59. The van der Waals surface area contributed by atoms with Gasteiger partial charge in [0, 0.05) is 7.05 Å². The molecule has 54 heavy (non-hydrogen) atoms. The van der Waals surface area contributed by atoms with Crippen LogP contribution in [0.5, 0.6) is 0 Å². The number of nitrogens with zero attached hydrogens (tertiary/aromatic N) is 2. The monoisotopic (exact) mass is 754 g/mol. The average molecular weight is 755 g/mol. The summed E-state index contributed by atoms with van der Waals surface area (Å²) in [4.78, 5) is 69.9. The zero-order valence-corrected chi connectivity index (χ0v) is 33.2. The van der Waals surface area contributed by atoms with Crippen molar-refractivity contribution in [2.24, 2.45) is 22.7 Å². The van der Waals surface area contributed by atoms with Crippen LogP contribution in [0.2, 0.25) is 0 Å². The average Bonchev–Trinajstić information content (AvgIpc) is 3.13. The summed E-state index contributed by atoms with van der Waals surface area (Å²) in [5.41, 5.74) is 0.688. The van der Waals surface area contributed by atoms with Crippen LogP contribution < -0.4 is 21.3 Å². The van der Waals surface area contributed by atoms with E-state index in [1.165, 1.54) is 7.05 Å². The van der Waals surface area contributed by atoms with Crippen molar-refractivity contribution in [3.8, 4) is 0 Å². The van der Waals surface area contributed by atoms with E-state index < -0.39 is 64.9 Å². The molecule has 0 aliphatic heterocycles. The minimum atomic E-state index is -1.36. The van der Waals surface area contributed by atoms with Gasteiger partial charge in [-0.2, -0.15) is 0 Å². The highest BCUT2D eigenvalue weighted by atomic mass is 16.7. The first kappa shape index (κ1) is 45.8. The van der Waals surface area contributed by atoms with Crippen molar-refractivity contribution in [3.63, 3.8) is 0 Å². The number of rotatable bonds is 22. The third-order valence-corrected chi connectivity index (χ3v) is 9.76. The maximum absolute atomic E-state index is 13.9. The van der Waals surface area contributed by atoms with Crippen molar-refractivity contribution in [1.82, 2.24) is 31.4 Å². The van der Waals surface area contributed by atoms with E-state index in [2.05, 4.69) is 21.3 Å². The van der Waals surface area contributed by atoms with Crippen LogP contribution in [-0.4, -0.2) is 95.2 Å². The molecule has 7 unspecified atom stereocenters. The number of likely N-dealkylation sites (N-methyl/N-ethyl adjacent to an activating group) is 1. The lowest BCUT2D eigenvalue weighted by molar-refractivity contribution is -0.199. The van der Waals surface area contributed by atoms with Gasteiger partial charge in [0.05, 0.1) is 30.0 Å². The predicted molar refractivity (Wildman–Crippen MR) is 205 cm³/mol. The van der Waals surface area contributed by atoms with Crippen molar-refractivity contribution in [2.75, 3.05) is 13.8 Å². The highest BCUT2D eigenvalue weighted by Gasteiger charge is 2.39. The number of aliphatic hydroxyl groups is 1. The molecule has 0 radical (unpaired) electrons. The second kappa shape index (κ2) is 21.5. The highest BCUT2D eigenvalue weighted by molar-refractivity contribution is 5.89. The first-order chi connectivity index (χ1) is 25.3. The van der Waals surface area contributed by atoms with Crippen molar-refractivity contribution in [2.45, 2.75) is 111 Å². The smallest absolute Gasteiger partial charge is 0.242 e. The Morgan fingerprint density at radius 3 is 1.65 bits per heavy atom. The SMILES string of the molecule is CNC(=O)C(NC(=O)C(CCc1ccccc1)C(C)N(C=O)OCNC(O)C(NC(=O)C(CCc1ccccc1)C(C)N(O)C=O)C(C)(C)C)C(C)(C)C. The zero-order chi connectivity index (χ0) is 40.6. The minimum Gasteiger partial charge on any atom is -0.376 e. The third kappa shape index (κ3) is 14.1. The van der Waals surface area contributed by atoms with E-state index in [0.29, 0.717) is 37.2 Å². The Bertz CT molecular complexity index is 1470. The van der Waals surface area contributed by atoms with Gasteiger partial charge in [-0.15, -0.1) is 0 Å². The molecule has 300 valence electrons. The first-order valence-corrected chi connectivity index (χ1v) is 18.5. The molecule has 0 saturated heterocycles. The summed E-state index contributed by atoms with van der Waals surface area (Å²) >= 11 is 0. The van der Waals surface area contributed by atoms with E-state index in [1.54, 1.807) is 13.8 Å². The molecule has 0 bridgehead atoms. The van der Waals surface area contributed by atoms with Gasteiger partial charge >= 0.3 is 0 Å². The molecule has 5 amide bonds. The third-order valence-electron chi connectivity index (χ3n) is 9.76. The van der Waals surface area contributed by atoms with Crippen LogP contribution >= 0.6 is 0 Å². The van der Waals surface area contributed by atoms with Gasteiger partial charge in [-0.1, -0.05) is 102 Å². The summed E-state index contributed by atoms with van der Waals surface area (Å²) < 4.78 is 0. The van der Waals surface area contributed by atoms with Gasteiger partial charge in [-0.25, -0.2) is 10.1 Å². The van der Waals surface area contributed by atoms with Crippen LogP contribution in [0.1, 0.15) is 79.4 Å². The number of hydroxylamine groups is 4. The molecule has 2 aromatic rings. The fourth-order valence-corrected chi connectivity index (χ4v) is 6.23. The second-order valence-electron chi connectivity index (χ2n) is 15.9. The molecule has 0 aliphatic carbocycles. The normalized spacial score (nSPS) is 15.7. The van der Waals surface area contributed by atoms with Crippen molar-refractivity contribution in [3.05, 3.63) is 71.8 Å². The Labute approximate surface area is 320 Å². The number of nitrogens with one attached hydrogen (secondary N) is 4. The Hall–Kier alpha value is -4.37. The first-order valence-electron chi connectivity index (χ1n) is 18.5. The molecule has 7 atom stereocenters. The molecule has 2 aromatic carbocycles. The standard InChI is InChI=1S/C40H62N6O8/c1-27(45(53)25-47)31(22-20-29-16-12-10-13-17-29)35(49)44-34(40(6,7)8)38(52)42-24-54-46(26-48)28(2)32(23-21-30-18-14-11-15-19-30)36(50)43-33(37(51)41-9)39(3,4)5/h10-19,25-28,31-34,38,42,52-53H,20-24H2,1-9H3,(H,41,51)(H,43,50)(H,44,49). The number of carbonyl (C=O) groups is 5. The van der Waals surface area contributed by atoms with E-state index in [9.17, 15) is 34.3 Å². The largest absolute Gasteiger partial charge is 0.376 e. The fraction of sp³-hybridized carbons (Fsp3) is 0.575. The van der Waals surface area contributed by atoms with Crippen LogP contribution in [0, 0.1) is 22.7 Å². The number of hydrogen-bond donors (Lipinski definition) is 6. The summed E-state index contributed by atoms with van der Waals surface area (Å²) in [6.45, 7) is 13.9. The van der Waals surface area contributed by atoms with Crippen LogP contribution in [-0.2, 0) is 41.7 Å². The molecule has 0 aromatic heterocycles. The number of aryl methyl sites for hydroxylation is 2. The molecule has 2 rings (SSSR count). The van der Waals surface area contributed by atoms with E-state index >= 15 is 0 Å². The molecule has 0 spiro atoms. The van der Waals surface area contributed by atoms with Crippen LogP contribution in [0.4, 0.5) is 0 Å². The lowest BCUT2D eigenvalue weighted by atomic mass is 9.84. The molecule has 0 saturated carbocycles. The molecule has 6 N–H and O–H groups in total. The Morgan fingerprint density at radius 2 is 1.22 bits per heavy atom. The number of carbonyl (C=O) groups excluding carboxylic acids is 5. The van der Waals surface area contributed by atoms with Gasteiger partial charge in [0.1, 0.15) is 19.0 Å². The second-order valence-corrected chi connectivity index (χ2v) is 15.9. The molecular weight excluding hydrogens is 692 g/mol. The maximum Gasteiger partial charge on any atom is 0.242 e. The van der Waals surface area contributed by atoms with Crippen molar-refractivity contribution >= 4 is 30.5 Å². The molecule has 14 nitrogen and oxygen atoms in total. The van der Waals surface area contributed by atoms with E-state index in [-0.39, 0.29) is 19.0 Å².